The molecular weight excluding hydrogens is 213 g/mol. The van der Waals surface area contributed by atoms with E-state index >= 15 is 0 Å². The molecule has 1 aliphatic heterocycles. The van der Waals surface area contributed by atoms with E-state index in [-0.39, 0.29) is 7.05 Å². The first-order valence-electron chi connectivity index (χ1n) is 6.35. The van der Waals surface area contributed by atoms with Crippen LogP contribution in [0.15, 0.2) is 30.3 Å². The number of rotatable bonds is 4. The molecule has 0 bridgehead atoms. The van der Waals surface area contributed by atoms with Gasteiger partial charge in [-0.15, -0.1) is 0 Å². The van der Waals surface area contributed by atoms with Crippen molar-refractivity contribution in [2.75, 3.05) is 19.7 Å². The van der Waals surface area contributed by atoms with Gasteiger partial charge in [0.1, 0.15) is 5.75 Å². The van der Waals surface area contributed by atoms with Crippen LogP contribution < -0.4 is 4.74 Å². The first-order valence-corrected chi connectivity index (χ1v) is 6.35. The van der Waals surface area contributed by atoms with Gasteiger partial charge in [-0.05, 0) is 44.9 Å². The molecule has 0 unspecified atom stereocenters. The standard InChI is InChI=1S/C13H20BNO2/c1-14(16)15-9-5-6-12(10-15)11-17-13-7-3-2-4-8-13/h2-4,7-8,12,16H,5-6,9-11H2,1H3/t12-/m1/s1. The van der Waals surface area contributed by atoms with E-state index < -0.39 is 0 Å². The topological polar surface area (TPSA) is 32.7 Å². The average Bonchev–Trinajstić information content (AvgIpc) is 2.38. The van der Waals surface area contributed by atoms with Crippen molar-refractivity contribution in [3.8, 4) is 5.75 Å². The Morgan fingerprint density at radius 2 is 2.18 bits per heavy atom. The third-order valence-corrected chi connectivity index (χ3v) is 3.31. The highest BCUT2D eigenvalue weighted by molar-refractivity contribution is 6.45. The fourth-order valence-electron chi connectivity index (χ4n) is 2.30. The molecule has 0 radical (unpaired) electrons. The smallest absolute Gasteiger partial charge is 0.376 e. The predicted molar refractivity (Wildman–Crippen MR) is 70.1 cm³/mol. The second-order valence-electron chi connectivity index (χ2n) is 4.76. The van der Waals surface area contributed by atoms with Gasteiger partial charge in [0.15, 0.2) is 0 Å². The summed E-state index contributed by atoms with van der Waals surface area (Å²) in [4.78, 5) is 2.11. The monoisotopic (exact) mass is 233 g/mol. The Hall–Kier alpha value is -0.995. The van der Waals surface area contributed by atoms with Gasteiger partial charge in [0, 0.05) is 5.92 Å². The van der Waals surface area contributed by atoms with Crippen molar-refractivity contribution in [2.45, 2.75) is 19.7 Å². The molecule has 1 atom stereocenters. The van der Waals surface area contributed by atoms with Gasteiger partial charge in [-0.25, -0.2) is 0 Å². The molecule has 3 nitrogen and oxygen atoms in total. The van der Waals surface area contributed by atoms with Gasteiger partial charge in [-0.1, -0.05) is 18.2 Å². The molecule has 0 saturated carbocycles. The second kappa shape index (κ2) is 6.08. The van der Waals surface area contributed by atoms with Crippen LogP contribution in [0.1, 0.15) is 12.8 Å². The van der Waals surface area contributed by atoms with Gasteiger partial charge in [-0.2, -0.15) is 0 Å². The average molecular weight is 233 g/mol. The van der Waals surface area contributed by atoms with Crippen LogP contribution in [0.4, 0.5) is 0 Å². The van der Waals surface area contributed by atoms with Gasteiger partial charge >= 0.3 is 7.05 Å². The maximum Gasteiger partial charge on any atom is 0.376 e. The van der Waals surface area contributed by atoms with Gasteiger partial charge in [0.25, 0.3) is 0 Å². The molecule has 1 saturated heterocycles. The van der Waals surface area contributed by atoms with E-state index in [1.165, 1.54) is 6.42 Å². The van der Waals surface area contributed by atoms with Crippen molar-refractivity contribution in [1.29, 1.82) is 0 Å². The van der Waals surface area contributed by atoms with E-state index in [1.54, 1.807) is 0 Å². The first kappa shape index (κ1) is 12.5. The number of benzene rings is 1. The van der Waals surface area contributed by atoms with Crippen LogP contribution in [0, 0.1) is 5.92 Å². The molecule has 0 amide bonds. The SMILES string of the molecule is CB(O)N1CCC[C@@H](COc2ccccc2)C1. The molecule has 1 fully saturated rings. The Morgan fingerprint density at radius 1 is 1.41 bits per heavy atom. The molecule has 1 aliphatic rings. The Bertz CT molecular complexity index is 331. The summed E-state index contributed by atoms with van der Waals surface area (Å²) in [6.45, 7) is 4.51. The zero-order valence-electron chi connectivity index (χ0n) is 10.4. The van der Waals surface area contributed by atoms with Gasteiger partial charge in [0.05, 0.1) is 6.61 Å². The van der Waals surface area contributed by atoms with Gasteiger partial charge < -0.3 is 14.6 Å². The van der Waals surface area contributed by atoms with Crippen LogP contribution in [-0.2, 0) is 0 Å². The van der Waals surface area contributed by atoms with Crippen LogP contribution in [0.2, 0.25) is 6.82 Å². The zero-order valence-corrected chi connectivity index (χ0v) is 10.4. The third-order valence-electron chi connectivity index (χ3n) is 3.31. The van der Waals surface area contributed by atoms with Crippen LogP contribution in [0.5, 0.6) is 5.75 Å². The maximum absolute atomic E-state index is 9.57. The largest absolute Gasteiger partial charge is 0.493 e. The maximum atomic E-state index is 9.57. The molecule has 4 heteroatoms. The van der Waals surface area contributed by atoms with E-state index in [2.05, 4.69) is 4.81 Å². The summed E-state index contributed by atoms with van der Waals surface area (Å²) in [5.74, 6) is 1.46. The van der Waals surface area contributed by atoms with E-state index in [9.17, 15) is 5.02 Å². The lowest BCUT2D eigenvalue weighted by molar-refractivity contribution is 0.170. The highest BCUT2D eigenvalue weighted by Gasteiger charge is 2.25. The summed E-state index contributed by atoms with van der Waals surface area (Å²) < 4.78 is 5.77. The molecule has 0 aromatic heterocycles. The van der Waals surface area contributed by atoms with Crippen molar-refractivity contribution in [3.05, 3.63) is 30.3 Å². The lowest BCUT2D eigenvalue weighted by Crippen LogP contribution is -2.45. The summed E-state index contributed by atoms with van der Waals surface area (Å²) in [6.07, 6.45) is 2.34. The Balaban J connectivity index is 1.79. The zero-order chi connectivity index (χ0) is 12.1. The van der Waals surface area contributed by atoms with Crippen molar-refractivity contribution in [3.63, 3.8) is 0 Å². The molecule has 92 valence electrons. The summed E-state index contributed by atoms with van der Waals surface area (Å²) in [7, 11) is -0.338. The minimum atomic E-state index is -0.338. The van der Waals surface area contributed by atoms with Gasteiger partial charge in [0.2, 0.25) is 0 Å². The minimum Gasteiger partial charge on any atom is -0.493 e. The van der Waals surface area contributed by atoms with Crippen molar-refractivity contribution < 1.29 is 9.76 Å². The minimum absolute atomic E-state index is 0.338. The number of para-hydroxylation sites is 1. The van der Waals surface area contributed by atoms with Crippen molar-refractivity contribution in [2.24, 2.45) is 5.92 Å². The summed E-state index contributed by atoms with van der Waals surface area (Å²) in [5.41, 5.74) is 0. The van der Waals surface area contributed by atoms with E-state index in [1.807, 2.05) is 37.2 Å². The highest BCUT2D eigenvalue weighted by Crippen LogP contribution is 2.18. The predicted octanol–water partition coefficient (Wildman–Crippen LogP) is 1.89. The van der Waals surface area contributed by atoms with E-state index in [0.29, 0.717) is 5.92 Å². The fraction of sp³-hybridized carbons (Fsp3) is 0.538. The number of nitrogens with zero attached hydrogens (tertiary/aromatic N) is 1. The molecule has 1 aromatic carbocycles. The molecule has 0 aliphatic carbocycles. The molecule has 1 aromatic rings. The van der Waals surface area contributed by atoms with E-state index in [0.717, 1.165) is 31.9 Å². The van der Waals surface area contributed by atoms with Crippen LogP contribution >= 0.6 is 0 Å². The second-order valence-corrected chi connectivity index (χ2v) is 4.76. The summed E-state index contributed by atoms with van der Waals surface area (Å²) >= 11 is 0. The lowest BCUT2D eigenvalue weighted by Gasteiger charge is -2.33. The number of hydrogen-bond acceptors (Lipinski definition) is 3. The highest BCUT2D eigenvalue weighted by atomic mass is 16.5. The normalized spacial score (nSPS) is 21.2. The Labute approximate surface area is 104 Å². The van der Waals surface area contributed by atoms with Gasteiger partial charge in [-0.3, -0.25) is 0 Å². The Kier molecular flexibility index (Phi) is 4.46. The first-order chi connectivity index (χ1) is 8.25. The number of hydrogen-bond donors (Lipinski definition) is 1. The summed E-state index contributed by atoms with van der Waals surface area (Å²) in [6, 6.07) is 9.92. The molecule has 0 spiro atoms. The lowest BCUT2D eigenvalue weighted by atomic mass is 9.81. The van der Waals surface area contributed by atoms with Crippen molar-refractivity contribution >= 4 is 7.05 Å². The molecular formula is C13H20BNO2. The Morgan fingerprint density at radius 3 is 2.88 bits per heavy atom. The molecule has 2 rings (SSSR count). The number of piperidine rings is 1. The third kappa shape index (κ3) is 3.75. The fourth-order valence-corrected chi connectivity index (χ4v) is 2.30. The van der Waals surface area contributed by atoms with Crippen molar-refractivity contribution in [1.82, 2.24) is 4.81 Å². The van der Waals surface area contributed by atoms with Crippen LogP contribution in [0.25, 0.3) is 0 Å². The molecule has 1 N–H and O–H groups in total. The van der Waals surface area contributed by atoms with E-state index in [4.69, 9.17) is 4.74 Å². The summed E-state index contributed by atoms with van der Waals surface area (Å²) in [5, 5.41) is 9.57. The van der Waals surface area contributed by atoms with Crippen LogP contribution in [0.3, 0.4) is 0 Å². The van der Waals surface area contributed by atoms with Crippen LogP contribution in [-0.4, -0.2) is 36.6 Å². The number of ether oxygens (including phenoxy) is 1. The molecule has 1 heterocycles. The quantitative estimate of drug-likeness (QED) is 0.806. The molecule has 17 heavy (non-hydrogen) atoms.